The van der Waals surface area contributed by atoms with Crippen molar-refractivity contribution in [1.29, 1.82) is 0 Å². The summed E-state index contributed by atoms with van der Waals surface area (Å²) in [4.78, 5) is 37.5. The van der Waals surface area contributed by atoms with Crippen LogP contribution in [0.15, 0.2) is 24.3 Å². The zero-order valence-electron chi connectivity index (χ0n) is 18.6. The van der Waals surface area contributed by atoms with Gasteiger partial charge in [-0.15, -0.1) is 11.3 Å². The van der Waals surface area contributed by atoms with Crippen LogP contribution in [0.3, 0.4) is 0 Å². The molecule has 7 nitrogen and oxygen atoms in total. The molecular formula is C24H30N4O3S. The predicted molar refractivity (Wildman–Crippen MR) is 124 cm³/mol. The van der Waals surface area contributed by atoms with Crippen LogP contribution >= 0.6 is 11.3 Å². The van der Waals surface area contributed by atoms with E-state index < -0.39 is 0 Å². The maximum absolute atomic E-state index is 12.9. The Morgan fingerprint density at radius 1 is 1.09 bits per heavy atom. The van der Waals surface area contributed by atoms with E-state index in [0.717, 1.165) is 68.0 Å². The van der Waals surface area contributed by atoms with E-state index in [2.05, 4.69) is 9.80 Å². The fourth-order valence-corrected chi connectivity index (χ4v) is 5.91. The Morgan fingerprint density at radius 3 is 2.50 bits per heavy atom. The third-order valence-corrected chi connectivity index (χ3v) is 8.11. The van der Waals surface area contributed by atoms with Crippen LogP contribution in [0.1, 0.15) is 40.2 Å². The molecule has 5 rings (SSSR count). The summed E-state index contributed by atoms with van der Waals surface area (Å²) in [7, 11) is 1.39. The van der Waals surface area contributed by atoms with E-state index in [0.29, 0.717) is 12.1 Å². The van der Waals surface area contributed by atoms with Gasteiger partial charge in [0.2, 0.25) is 5.91 Å². The number of fused-ring (bicyclic) bond motifs is 1. The number of thiazole rings is 1. The van der Waals surface area contributed by atoms with Gasteiger partial charge in [0.15, 0.2) is 0 Å². The van der Waals surface area contributed by atoms with Gasteiger partial charge in [0, 0.05) is 62.2 Å². The van der Waals surface area contributed by atoms with Gasteiger partial charge in [-0.1, -0.05) is 18.6 Å². The molecule has 1 saturated carbocycles. The van der Waals surface area contributed by atoms with E-state index in [-0.39, 0.29) is 11.9 Å². The van der Waals surface area contributed by atoms with E-state index in [1.165, 1.54) is 31.2 Å². The monoisotopic (exact) mass is 454 g/mol. The summed E-state index contributed by atoms with van der Waals surface area (Å²) in [6.45, 7) is 5.90. The van der Waals surface area contributed by atoms with Crippen molar-refractivity contribution in [2.45, 2.75) is 38.3 Å². The first-order valence-corrected chi connectivity index (χ1v) is 12.3. The third-order valence-electron chi connectivity index (χ3n) is 6.98. The summed E-state index contributed by atoms with van der Waals surface area (Å²) in [5.74, 6) is -0.0791. The average Bonchev–Trinajstić information content (AvgIpc) is 3.21. The Morgan fingerprint density at radius 2 is 1.84 bits per heavy atom. The molecule has 1 aliphatic carbocycles. The van der Waals surface area contributed by atoms with Crippen molar-refractivity contribution in [1.82, 2.24) is 19.7 Å². The van der Waals surface area contributed by atoms with Gasteiger partial charge in [-0.05, 0) is 25.0 Å². The van der Waals surface area contributed by atoms with Crippen molar-refractivity contribution >= 4 is 23.2 Å². The van der Waals surface area contributed by atoms with Crippen LogP contribution in [0.25, 0.3) is 10.6 Å². The second kappa shape index (κ2) is 9.29. The second-order valence-corrected chi connectivity index (χ2v) is 10.0. The van der Waals surface area contributed by atoms with E-state index in [9.17, 15) is 9.59 Å². The highest BCUT2D eigenvalue weighted by Crippen LogP contribution is 2.32. The summed E-state index contributed by atoms with van der Waals surface area (Å²) in [5, 5.41) is 0.965. The van der Waals surface area contributed by atoms with Crippen LogP contribution in [0.5, 0.6) is 0 Å². The van der Waals surface area contributed by atoms with E-state index in [1.54, 1.807) is 23.5 Å². The summed E-state index contributed by atoms with van der Waals surface area (Å²) in [5.41, 5.74) is 2.68. The standard InChI is InChI=1S/C24H30N4O3S/c1-31-24(30)18-7-5-17(6-8-18)23-25-20-9-10-26(15-21(20)32-23)16-22(29)28-13-11-27(12-14-28)19-3-2-4-19/h5-8,19H,2-4,9-16H2,1H3. The lowest BCUT2D eigenvalue weighted by molar-refractivity contribution is -0.135. The number of nitrogens with zero attached hydrogens (tertiary/aromatic N) is 4. The average molecular weight is 455 g/mol. The van der Waals surface area contributed by atoms with Gasteiger partial charge in [-0.25, -0.2) is 9.78 Å². The lowest BCUT2D eigenvalue weighted by Crippen LogP contribution is -2.55. The highest BCUT2D eigenvalue weighted by atomic mass is 32.1. The minimum atomic E-state index is -0.334. The van der Waals surface area contributed by atoms with E-state index in [1.807, 2.05) is 17.0 Å². The third kappa shape index (κ3) is 4.44. The molecule has 0 radical (unpaired) electrons. The quantitative estimate of drug-likeness (QED) is 0.647. The highest BCUT2D eigenvalue weighted by molar-refractivity contribution is 7.15. The summed E-state index contributed by atoms with van der Waals surface area (Å²) < 4.78 is 4.77. The lowest BCUT2D eigenvalue weighted by Gasteiger charge is -2.43. The Hall–Kier alpha value is -2.29. The number of carbonyl (C=O) groups is 2. The molecule has 1 aromatic carbocycles. The largest absolute Gasteiger partial charge is 0.465 e. The van der Waals surface area contributed by atoms with Crippen molar-refractivity contribution in [3.8, 4) is 10.6 Å². The second-order valence-electron chi connectivity index (χ2n) is 8.92. The summed E-state index contributed by atoms with van der Waals surface area (Å²) in [6.07, 6.45) is 4.89. The van der Waals surface area contributed by atoms with Crippen LogP contribution in [-0.2, 0) is 22.5 Å². The Labute approximate surface area is 193 Å². The molecule has 2 aliphatic heterocycles. The van der Waals surface area contributed by atoms with Crippen LogP contribution < -0.4 is 0 Å². The SMILES string of the molecule is COC(=O)c1ccc(-c2nc3c(s2)CN(CC(=O)N2CCN(C4CCC4)CC2)CC3)cc1. The number of ether oxygens (including phenoxy) is 1. The molecule has 0 unspecified atom stereocenters. The first-order chi connectivity index (χ1) is 15.6. The molecule has 170 valence electrons. The van der Waals surface area contributed by atoms with Gasteiger partial charge in [-0.2, -0.15) is 0 Å². The first kappa shape index (κ1) is 21.6. The zero-order chi connectivity index (χ0) is 22.1. The molecular weight excluding hydrogens is 424 g/mol. The highest BCUT2D eigenvalue weighted by Gasteiger charge is 2.30. The Kier molecular flexibility index (Phi) is 6.26. The number of esters is 1. The van der Waals surface area contributed by atoms with Gasteiger partial charge < -0.3 is 9.64 Å². The number of hydrogen-bond donors (Lipinski definition) is 0. The van der Waals surface area contributed by atoms with Gasteiger partial charge in [0.25, 0.3) is 0 Å². The zero-order valence-corrected chi connectivity index (χ0v) is 19.4. The van der Waals surface area contributed by atoms with Crippen LogP contribution in [0, 0.1) is 0 Å². The molecule has 3 heterocycles. The Bertz CT molecular complexity index is 978. The molecule has 3 aliphatic rings. The van der Waals surface area contributed by atoms with Crippen LogP contribution in [0.2, 0.25) is 0 Å². The molecule has 0 spiro atoms. The number of methoxy groups -OCH3 is 1. The number of amides is 1. The first-order valence-electron chi connectivity index (χ1n) is 11.5. The molecule has 32 heavy (non-hydrogen) atoms. The molecule has 1 saturated heterocycles. The molecule has 0 atom stereocenters. The molecule has 1 aromatic heterocycles. The number of carbonyl (C=O) groups excluding carboxylic acids is 2. The molecule has 0 N–H and O–H groups in total. The van der Waals surface area contributed by atoms with Crippen molar-refractivity contribution in [2.24, 2.45) is 0 Å². The number of piperazine rings is 1. The summed E-state index contributed by atoms with van der Waals surface area (Å²) in [6, 6.07) is 8.15. The van der Waals surface area contributed by atoms with Gasteiger partial charge in [-0.3, -0.25) is 14.6 Å². The van der Waals surface area contributed by atoms with Crippen molar-refractivity contribution < 1.29 is 14.3 Å². The van der Waals surface area contributed by atoms with Gasteiger partial charge >= 0.3 is 5.97 Å². The van der Waals surface area contributed by atoms with Crippen LogP contribution in [0.4, 0.5) is 0 Å². The van der Waals surface area contributed by atoms with Crippen molar-refractivity contribution in [2.75, 3.05) is 46.4 Å². The number of hydrogen-bond acceptors (Lipinski definition) is 7. The molecule has 2 aromatic rings. The van der Waals surface area contributed by atoms with Gasteiger partial charge in [0.1, 0.15) is 5.01 Å². The molecule has 1 amide bonds. The Balaban J connectivity index is 1.17. The minimum Gasteiger partial charge on any atom is -0.465 e. The van der Waals surface area contributed by atoms with E-state index in [4.69, 9.17) is 9.72 Å². The fraction of sp³-hybridized carbons (Fsp3) is 0.542. The number of benzene rings is 1. The number of rotatable bonds is 5. The predicted octanol–water partition coefficient (Wildman–Crippen LogP) is 2.65. The summed E-state index contributed by atoms with van der Waals surface area (Å²) >= 11 is 1.69. The van der Waals surface area contributed by atoms with E-state index >= 15 is 0 Å². The maximum atomic E-state index is 12.9. The van der Waals surface area contributed by atoms with Crippen molar-refractivity contribution in [3.05, 3.63) is 40.4 Å². The lowest BCUT2D eigenvalue weighted by atomic mass is 9.91. The maximum Gasteiger partial charge on any atom is 0.337 e. The molecule has 2 fully saturated rings. The normalized spacial score (nSPS) is 20.0. The minimum absolute atomic E-state index is 0.254. The smallest absolute Gasteiger partial charge is 0.337 e. The fourth-order valence-electron chi connectivity index (χ4n) is 4.75. The van der Waals surface area contributed by atoms with Crippen LogP contribution in [-0.4, -0.2) is 84.0 Å². The topological polar surface area (TPSA) is 66.0 Å². The van der Waals surface area contributed by atoms with Gasteiger partial charge in [0.05, 0.1) is 24.9 Å². The van der Waals surface area contributed by atoms with Crippen molar-refractivity contribution in [3.63, 3.8) is 0 Å². The molecule has 8 heteroatoms. The number of aromatic nitrogens is 1. The molecule has 0 bridgehead atoms.